The molecule has 2 atom stereocenters. The van der Waals surface area contributed by atoms with Crippen LogP contribution in [-0.4, -0.2) is 0 Å². The van der Waals surface area contributed by atoms with Gasteiger partial charge in [-0.15, -0.1) is 0 Å². The maximum Gasteiger partial charge on any atom is 0.299 e. The summed E-state index contributed by atoms with van der Waals surface area (Å²) in [5.41, 5.74) is 28.8. The average molecular weight is 2210 g/mol. The Kier molecular flexibility index (Phi) is 28.5. The van der Waals surface area contributed by atoms with Crippen LogP contribution in [0.25, 0.3) is 55.6 Å². The van der Waals surface area contributed by atoms with E-state index >= 15 is 0 Å². The summed E-state index contributed by atoms with van der Waals surface area (Å²) in [6.07, 6.45) is 16.8. The van der Waals surface area contributed by atoms with Crippen molar-refractivity contribution in [1.29, 1.82) is 0 Å². The smallest absolute Gasteiger partial charge is 0.196 e. The lowest BCUT2D eigenvalue weighted by atomic mass is 9.65. The molecular formula is C106H96Br10F2. The van der Waals surface area contributed by atoms with Crippen LogP contribution in [0.4, 0.5) is 8.78 Å². The molecule has 5 aliphatic carbocycles. The lowest BCUT2D eigenvalue weighted by Gasteiger charge is -2.38. The first-order valence-corrected chi connectivity index (χ1v) is 49.3. The van der Waals surface area contributed by atoms with Gasteiger partial charge in [-0.2, -0.15) is 8.78 Å². The van der Waals surface area contributed by atoms with Gasteiger partial charge in [0.15, 0.2) is 0 Å². The highest BCUT2D eigenvalue weighted by molar-refractivity contribution is 9.12. The van der Waals surface area contributed by atoms with Gasteiger partial charge in [0, 0.05) is 72.1 Å². The standard InChI is InChI=1S/C29H40Br2.C25H16Br2.C24H22Br2.C15H12Br2.C13H6Br2F2/c1-5-9-11-21(7-3)19-29(20-22(8-4)12-10-6-2)27-15-13-23(30)17-25(27)26-18-24(31)14-16-28(26)29;26-19-11-13-23-21(15-19)22-16-20(27)12-14-24(22)25(23,17-7-3-1-4-8-17)18-9-5-2-6-10-18;1-3-4-5-16-6-8-17(9-7-16)24(2)22-12-10-18(25)14-20(22)21-15-19(26)11-13-23(21)24;1-15(2)13-5-3-9(16)7-11(13)12-8-10(17)4-6-14(12)15;14-7-1-3-11-9(5-7)10-6-8(15)2-4-12(10)13(11,16)17/h13-18,21-22H,5-12,19-20H2,1-4H3;1-16H;6-15H,3-5H2,1-2H3;3-8H,1-2H3;1-6H. The first-order valence-electron chi connectivity index (χ1n) is 41.3. The van der Waals surface area contributed by atoms with Crippen LogP contribution in [0.3, 0.4) is 0 Å². The molecule has 118 heavy (non-hydrogen) atoms. The topological polar surface area (TPSA) is 0 Å². The molecule has 2 unspecified atom stereocenters. The summed E-state index contributed by atoms with van der Waals surface area (Å²) >= 11 is 35.9. The van der Waals surface area contributed by atoms with Gasteiger partial charge in [-0.05, 0) is 288 Å². The van der Waals surface area contributed by atoms with E-state index in [4.69, 9.17) is 0 Å². The van der Waals surface area contributed by atoms with E-state index in [-0.39, 0.29) is 32.8 Å². The predicted octanol–water partition coefficient (Wildman–Crippen LogP) is 37.0. The number of rotatable bonds is 18. The second kappa shape index (κ2) is 37.9. The Morgan fingerprint density at radius 2 is 0.534 bits per heavy atom. The summed E-state index contributed by atoms with van der Waals surface area (Å²) in [6.45, 7) is 18.7. The highest BCUT2D eigenvalue weighted by atomic mass is 79.9. The highest BCUT2D eigenvalue weighted by Crippen LogP contribution is 2.61. The summed E-state index contributed by atoms with van der Waals surface area (Å²) in [7, 11) is 0. The van der Waals surface area contributed by atoms with E-state index in [1.807, 2.05) is 0 Å². The molecule has 0 bridgehead atoms. The molecule has 12 heteroatoms. The van der Waals surface area contributed by atoms with Gasteiger partial charge >= 0.3 is 0 Å². The van der Waals surface area contributed by atoms with Gasteiger partial charge in [-0.25, -0.2) is 0 Å². The van der Waals surface area contributed by atoms with Crippen LogP contribution < -0.4 is 0 Å². The number of halogens is 12. The summed E-state index contributed by atoms with van der Waals surface area (Å²) in [6, 6.07) is 94.7. The summed E-state index contributed by atoms with van der Waals surface area (Å²) in [4.78, 5) is 0. The largest absolute Gasteiger partial charge is 0.299 e. The Bertz CT molecular complexity index is 5380. The van der Waals surface area contributed by atoms with Crippen molar-refractivity contribution in [3.8, 4) is 55.6 Å². The van der Waals surface area contributed by atoms with Crippen LogP contribution in [0, 0.1) is 11.8 Å². The Morgan fingerprint density at radius 1 is 0.271 bits per heavy atom. The van der Waals surface area contributed by atoms with Crippen LogP contribution in [0.1, 0.15) is 210 Å². The summed E-state index contributed by atoms with van der Waals surface area (Å²) in [5.74, 6) is -1.32. The molecule has 0 amide bonds. The molecule has 13 aromatic carbocycles. The molecule has 604 valence electrons. The minimum Gasteiger partial charge on any atom is -0.196 e. The van der Waals surface area contributed by atoms with Crippen molar-refractivity contribution in [3.05, 3.63) is 390 Å². The van der Waals surface area contributed by atoms with Gasteiger partial charge in [-0.3, -0.25) is 0 Å². The first-order chi connectivity index (χ1) is 56.7. The SMILES string of the molecule is Brc1ccc2c(c1)-c1cc(Br)ccc1C2(c1ccccc1)c1ccccc1.CC1(C)c2ccc(Br)cc2-c2cc(Br)ccc21.CCCCC(CC)CC1(CC(CC)CCCC)c2ccc(Br)cc2-c2cc(Br)ccc21.CCCCc1ccc(C2(C)c3ccc(Br)cc3-c3cc(Br)ccc32)cc1.FC1(F)c2ccc(Br)cc2-c2cc(Br)ccc21. The third kappa shape index (κ3) is 17.6. The molecule has 5 aliphatic rings. The van der Waals surface area contributed by atoms with Gasteiger partial charge in [-0.1, -0.05) is 411 Å². The second-order valence-electron chi connectivity index (χ2n) is 32.8. The minimum absolute atomic E-state index is 0.0776. The minimum atomic E-state index is -2.90. The molecule has 0 heterocycles. The van der Waals surface area contributed by atoms with E-state index in [9.17, 15) is 8.78 Å². The van der Waals surface area contributed by atoms with E-state index < -0.39 is 5.92 Å². The molecule has 0 fully saturated rings. The third-order valence-corrected chi connectivity index (χ3v) is 30.3. The molecule has 0 saturated heterocycles. The predicted molar refractivity (Wildman–Crippen MR) is 531 cm³/mol. The van der Waals surface area contributed by atoms with Crippen molar-refractivity contribution >= 4 is 159 Å². The van der Waals surface area contributed by atoms with E-state index in [0.717, 1.165) is 47.6 Å². The fourth-order valence-corrected chi connectivity index (χ4v) is 23.0. The Balaban J connectivity index is 0.000000123. The van der Waals surface area contributed by atoms with Gasteiger partial charge in [0.05, 0.1) is 5.41 Å². The molecular weight excluding hydrogens is 2110 g/mol. The molecule has 0 saturated carbocycles. The molecule has 0 radical (unpaired) electrons. The zero-order valence-corrected chi connectivity index (χ0v) is 83.6. The number of aryl methyl sites for hydroxylation is 1. The van der Waals surface area contributed by atoms with E-state index in [2.05, 4.69) is 445 Å². The first kappa shape index (κ1) is 88.8. The van der Waals surface area contributed by atoms with Crippen molar-refractivity contribution in [2.24, 2.45) is 11.8 Å². The van der Waals surface area contributed by atoms with Crippen molar-refractivity contribution in [3.63, 3.8) is 0 Å². The quantitative estimate of drug-likeness (QED) is 0.0803. The van der Waals surface area contributed by atoms with Crippen molar-refractivity contribution < 1.29 is 8.78 Å². The van der Waals surface area contributed by atoms with Crippen molar-refractivity contribution in [1.82, 2.24) is 0 Å². The highest BCUT2D eigenvalue weighted by Gasteiger charge is 2.49. The molecule has 0 spiro atoms. The van der Waals surface area contributed by atoms with Crippen LogP contribution in [0.15, 0.2) is 312 Å². The average Bonchev–Trinajstić information content (AvgIpc) is 1.58. The van der Waals surface area contributed by atoms with Crippen LogP contribution in [-0.2, 0) is 34.0 Å². The molecule has 18 rings (SSSR count). The number of unbranched alkanes of at least 4 members (excludes halogenated alkanes) is 3. The second-order valence-corrected chi connectivity index (χ2v) is 42.0. The molecule has 0 N–H and O–H groups in total. The van der Waals surface area contributed by atoms with E-state index in [1.54, 1.807) is 35.4 Å². The number of hydrogen-bond donors (Lipinski definition) is 0. The maximum absolute atomic E-state index is 14.2. The monoisotopic (exact) mass is 2200 g/mol. The zero-order valence-electron chi connectivity index (χ0n) is 67.8. The summed E-state index contributed by atoms with van der Waals surface area (Å²) in [5, 5.41) is 0. The Hall–Kier alpha value is -5.48. The number of hydrogen-bond acceptors (Lipinski definition) is 0. The lowest BCUT2D eigenvalue weighted by molar-refractivity contribution is 0.0480. The van der Waals surface area contributed by atoms with Gasteiger partial charge < -0.3 is 0 Å². The Morgan fingerprint density at radius 3 is 0.847 bits per heavy atom. The maximum atomic E-state index is 14.2. The lowest BCUT2D eigenvalue weighted by Crippen LogP contribution is -2.31. The normalized spacial score (nSPS) is 15.0. The van der Waals surface area contributed by atoms with E-state index in [1.165, 1.54) is 205 Å². The number of fused-ring (bicyclic) bond motifs is 15. The van der Waals surface area contributed by atoms with Crippen molar-refractivity contribution in [2.75, 3.05) is 0 Å². The fraction of sp³-hybridized carbons (Fsp3) is 0.264. The van der Waals surface area contributed by atoms with Gasteiger partial charge in [0.1, 0.15) is 0 Å². The van der Waals surface area contributed by atoms with Crippen molar-refractivity contribution in [2.45, 2.75) is 166 Å². The zero-order chi connectivity index (χ0) is 83.6. The fourth-order valence-electron chi connectivity index (χ4n) is 19.4. The number of benzene rings is 13. The Labute approximate surface area is 782 Å². The molecule has 0 aromatic heterocycles. The molecule has 0 aliphatic heterocycles. The van der Waals surface area contributed by atoms with Gasteiger partial charge in [0.25, 0.3) is 5.92 Å². The molecule has 0 nitrogen and oxygen atoms in total. The molecule has 13 aromatic rings. The number of alkyl halides is 2. The van der Waals surface area contributed by atoms with Crippen LogP contribution in [0.5, 0.6) is 0 Å². The third-order valence-electron chi connectivity index (χ3n) is 25.3. The van der Waals surface area contributed by atoms with Crippen LogP contribution in [0.2, 0.25) is 0 Å². The van der Waals surface area contributed by atoms with Crippen LogP contribution >= 0.6 is 159 Å². The van der Waals surface area contributed by atoms with Gasteiger partial charge in [0.2, 0.25) is 0 Å². The van der Waals surface area contributed by atoms with E-state index in [0.29, 0.717) is 11.1 Å². The summed E-state index contributed by atoms with van der Waals surface area (Å²) < 4.78 is 39.0.